The Bertz CT molecular complexity index is 729. The molecule has 0 aliphatic carbocycles. The third kappa shape index (κ3) is 4.09. The molecule has 25 heavy (non-hydrogen) atoms. The lowest BCUT2D eigenvalue weighted by molar-refractivity contribution is 0.0130. The Kier molecular flexibility index (Phi) is 5.19. The first-order valence-electron chi connectivity index (χ1n) is 8.50. The second kappa shape index (κ2) is 7.53. The lowest BCUT2D eigenvalue weighted by atomic mass is 9.89. The van der Waals surface area contributed by atoms with Crippen LogP contribution in [-0.4, -0.2) is 36.9 Å². The molecule has 1 heterocycles. The summed E-state index contributed by atoms with van der Waals surface area (Å²) in [6.45, 7) is 1.75. The van der Waals surface area contributed by atoms with Gasteiger partial charge in [0.25, 0.3) is 0 Å². The van der Waals surface area contributed by atoms with E-state index in [9.17, 15) is 4.79 Å². The van der Waals surface area contributed by atoms with Crippen LogP contribution in [0.15, 0.2) is 60.7 Å². The molecule has 0 aromatic heterocycles. The van der Waals surface area contributed by atoms with E-state index in [2.05, 4.69) is 29.2 Å². The Hall–Kier alpha value is -2.59. The van der Waals surface area contributed by atoms with Crippen LogP contribution in [0.3, 0.4) is 0 Å². The van der Waals surface area contributed by atoms with Gasteiger partial charge in [-0.3, -0.25) is 0 Å². The number of methoxy groups -OCH3 is 1. The number of hydrogen-bond donors (Lipinski definition) is 1. The molecule has 3 rings (SSSR count). The fraction of sp³-hybridized carbons (Fsp3) is 0.286. The second-order valence-corrected chi connectivity index (χ2v) is 6.35. The number of nitrogens with zero attached hydrogens (tertiary/aromatic N) is 1. The Morgan fingerprint density at radius 2 is 1.72 bits per heavy atom. The molecular weight excluding hydrogens is 314 g/mol. The van der Waals surface area contributed by atoms with E-state index >= 15 is 0 Å². The molecule has 0 spiro atoms. The Balaban J connectivity index is 1.66. The summed E-state index contributed by atoms with van der Waals surface area (Å²) >= 11 is 0. The minimum Gasteiger partial charge on any atom is -0.478 e. The lowest BCUT2D eigenvalue weighted by Crippen LogP contribution is -2.44. The topological polar surface area (TPSA) is 49.8 Å². The highest BCUT2D eigenvalue weighted by Crippen LogP contribution is 2.31. The summed E-state index contributed by atoms with van der Waals surface area (Å²) in [4.78, 5) is 13.2. The van der Waals surface area contributed by atoms with Crippen LogP contribution >= 0.6 is 0 Å². The highest BCUT2D eigenvalue weighted by Gasteiger charge is 2.32. The lowest BCUT2D eigenvalue weighted by Gasteiger charge is -2.40. The van der Waals surface area contributed by atoms with Crippen molar-refractivity contribution in [2.24, 2.45) is 0 Å². The largest absolute Gasteiger partial charge is 0.478 e. The molecule has 1 aliphatic rings. The van der Waals surface area contributed by atoms with Gasteiger partial charge in [-0.1, -0.05) is 42.5 Å². The van der Waals surface area contributed by atoms with Crippen LogP contribution in [0.2, 0.25) is 0 Å². The molecule has 0 radical (unpaired) electrons. The molecule has 0 unspecified atom stereocenters. The van der Waals surface area contributed by atoms with E-state index in [1.165, 1.54) is 5.56 Å². The third-order valence-electron chi connectivity index (χ3n) is 4.87. The first-order valence-corrected chi connectivity index (χ1v) is 8.50. The molecular formula is C21H23NO3. The van der Waals surface area contributed by atoms with Crippen LogP contribution in [0.25, 0.3) is 6.08 Å². The molecule has 4 nitrogen and oxygen atoms in total. The number of rotatable bonds is 5. The van der Waals surface area contributed by atoms with Crippen LogP contribution in [0.4, 0.5) is 5.69 Å². The number of piperidine rings is 1. The van der Waals surface area contributed by atoms with Gasteiger partial charge in [0.1, 0.15) is 0 Å². The van der Waals surface area contributed by atoms with E-state index in [0.29, 0.717) is 5.56 Å². The van der Waals surface area contributed by atoms with E-state index < -0.39 is 5.97 Å². The maximum Gasteiger partial charge on any atom is 0.335 e. The summed E-state index contributed by atoms with van der Waals surface area (Å²) < 4.78 is 5.84. The molecule has 0 amide bonds. The van der Waals surface area contributed by atoms with E-state index in [-0.39, 0.29) is 5.60 Å². The summed E-state index contributed by atoms with van der Waals surface area (Å²) in [5.41, 5.74) is 2.30. The molecule has 4 heteroatoms. The summed E-state index contributed by atoms with van der Waals surface area (Å²) in [5, 5.41) is 9.00. The number of carboxylic acid groups (broad SMARTS) is 1. The van der Waals surface area contributed by atoms with Crippen LogP contribution in [0, 0.1) is 0 Å². The van der Waals surface area contributed by atoms with Gasteiger partial charge in [0, 0.05) is 25.9 Å². The number of carbonyl (C=O) groups is 1. The summed E-state index contributed by atoms with van der Waals surface area (Å²) in [7, 11) is 1.77. The van der Waals surface area contributed by atoms with E-state index in [0.717, 1.165) is 31.6 Å². The predicted molar refractivity (Wildman–Crippen MR) is 100 cm³/mol. The number of carboxylic acids is 1. The first kappa shape index (κ1) is 17.2. The molecule has 1 N–H and O–H groups in total. The van der Waals surface area contributed by atoms with Crippen LogP contribution in [0.5, 0.6) is 0 Å². The van der Waals surface area contributed by atoms with Gasteiger partial charge in [-0.25, -0.2) is 4.79 Å². The molecule has 1 saturated heterocycles. The number of hydrogen-bond acceptors (Lipinski definition) is 3. The third-order valence-corrected chi connectivity index (χ3v) is 4.87. The highest BCUT2D eigenvalue weighted by atomic mass is 16.5. The van der Waals surface area contributed by atoms with Crippen molar-refractivity contribution in [3.8, 4) is 0 Å². The standard InChI is InChI=1S/C21H23NO3/c1-25-21(12-11-17-5-3-2-4-6-17)13-15-22(16-14-21)19-9-7-18(8-10-19)20(23)24/h2-12H,13-16H2,1H3,(H,23,24). The van der Waals surface area contributed by atoms with E-state index in [4.69, 9.17) is 9.84 Å². The van der Waals surface area contributed by atoms with Gasteiger partial charge >= 0.3 is 5.97 Å². The number of aromatic carboxylic acids is 1. The molecule has 0 saturated carbocycles. The quantitative estimate of drug-likeness (QED) is 0.893. The zero-order valence-electron chi connectivity index (χ0n) is 14.4. The van der Waals surface area contributed by atoms with Crippen molar-refractivity contribution in [2.45, 2.75) is 18.4 Å². The molecule has 0 bridgehead atoms. The van der Waals surface area contributed by atoms with Crippen LogP contribution in [0.1, 0.15) is 28.8 Å². The summed E-state index contributed by atoms with van der Waals surface area (Å²) in [6.07, 6.45) is 6.09. The van der Waals surface area contributed by atoms with Crippen molar-refractivity contribution in [3.05, 3.63) is 71.8 Å². The number of anilines is 1. The second-order valence-electron chi connectivity index (χ2n) is 6.35. The average Bonchev–Trinajstić information content (AvgIpc) is 2.68. The van der Waals surface area contributed by atoms with Crippen molar-refractivity contribution >= 4 is 17.7 Å². The molecule has 1 aliphatic heterocycles. The van der Waals surface area contributed by atoms with Gasteiger partial charge in [0.2, 0.25) is 0 Å². The Labute approximate surface area is 148 Å². The minimum atomic E-state index is -0.894. The normalized spacial score (nSPS) is 16.9. The van der Waals surface area contributed by atoms with Gasteiger partial charge in [0.05, 0.1) is 11.2 Å². The molecule has 2 aromatic carbocycles. The van der Waals surface area contributed by atoms with Crippen molar-refractivity contribution in [2.75, 3.05) is 25.1 Å². The van der Waals surface area contributed by atoms with E-state index in [1.54, 1.807) is 19.2 Å². The van der Waals surface area contributed by atoms with Gasteiger partial charge in [-0.2, -0.15) is 0 Å². The highest BCUT2D eigenvalue weighted by molar-refractivity contribution is 5.88. The molecule has 1 fully saturated rings. The maximum atomic E-state index is 11.0. The molecule has 2 aromatic rings. The smallest absolute Gasteiger partial charge is 0.335 e. The van der Waals surface area contributed by atoms with Gasteiger partial charge in [0.15, 0.2) is 0 Å². The fourth-order valence-electron chi connectivity index (χ4n) is 3.21. The van der Waals surface area contributed by atoms with Crippen molar-refractivity contribution in [3.63, 3.8) is 0 Å². The van der Waals surface area contributed by atoms with Crippen LogP contribution in [-0.2, 0) is 4.74 Å². The van der Waals surface area contributed by atoms with Crippen molar-refractivity contribution in [1.82, 2.24) is 0 Å². The summed E-state index contributed by atoms with van der Waals surface area (Å²) in [6, 6.07) is 17.3. The minimum absolute atomic E-state index is 0.243. The van der Waals surface area contributed by atoms with Gasteiger partial charge in [-0.05, 0) is 42.7 Å². The SMILES string of the molecule is COC1(C=Cc2ccccc2)CCN(c2ccc(C(=O)O)cc2)CC1. The van der Waals surface area contributed by atoms with E-state index in [1.807, 2.05) is 30.3 Å². The average molecular weight is 337 g/mol. The van der Waals surface area contributed by atoms with Gasteiger partial charge < -0.3 is 14.7 Å². The monoisotopic (exact) mass is 337 g/mol. The zero-order chi connectivity index (χ0) is 17.7. The fourth-order valence-corrected chi connectivity index (χ4v) is 3.21. The van der Waals surface area contributed by atoms with Crippen LogP contribution < -0.4 is 4.90 Å². The van der Waals surface area contributed by atoms with Crippen molar-refractivity contribution in [1.29, 1.82) is 0 Å². The Morgan fingerprint density at radius 1 is 1.08 bits per heavy atom. The maximum absolute atomic E-state index is 11.0. The molecule has 0 atom stereocenters. The van der Waals surface area contributed by atoms with Crippen molar-refractivity contribution < 1.29 is 14.6 Å². The Morgan fingerprint density at radius 3 is 2.28 bits per heavy atom. The predicted octanol–water partition coefficient (Wildman–Crippen LogP) is 4.08. The van der Waals surface area contributed by atoms with Gasteiger partial charge in [-0.15, -0.1) is 0 Å². The number of benzene rings is 2. The summed E-state index contributed by atoms with van der Waals surface area (Å²) in [5.74, 6) is -0.894. The molecule has 130 valence electrons. The zero-order valence-corrected chi connectivity index (χ0v) is 14.4. The number of ether oxygens (including phenoxy) is 1. The first-order chi connectivity index (χ1) is 12.1.